The average molecular weight is 270 g/mol. The van der Waals surface area contributed by atoms with Crippen LogP contribution in [-0.4, -0.2) is 28.7 Å². The summed E-state index contributed by atoms with van der Waals surface area (Å²) in [6, 6.07) is 6.97. The van der Waals surface area contributed by atoms with Crippen molar-refractivity contribution in [2.75, 3.05) is 12.8 Å². The number of Topliss-reactive ketones (excluding diaryl/α,β-unsaturated/α-hetero) is 1. The van der Waals surface area contributed by atoms with E-state index in [1.54, 1.807) is 24.3 Å². The molecule has 0 unspecified atom stereocenters. The molecule has 1 amide bonds. The lowest BCUT2D eigenvalue weighted by Gasteiger charge is -2.06. The highest BCUT2D eigenvalue weighted by Crippen LogP contribution is 2.20. The van der Waals surface area contributed by atoms with Crippen LogP contribution in [0.15, 0.2) is 30.5 Å². The summed E-state index contributed by atoms with van der Waals surface area (Å²) in [6.45, 7) is 1.49. The smallest absolute Gasteiger partial charge is 0.273 e. The van der Waals surface area contributed by atoms with Gasteiger partial charge in [0.05, 0.1) is 11.9 Å². The highest BCUT2D eigenvalue weighted by atomic mass is 16.1. The lowest BCUT2D eigenvalue weighted by Crippen LogP contribution is -2.21. The molecule has 2 aromatic rings. The first-order valence-electron chi connectivity index (χ1n) is 5.99. The minimum absolute atomic E-state index is 0.0400. The van der Waals surface area contributed by atoms with Gasteiger partial charge < -0.3 is 11.1 Å². The maximum atomic E-state index is 11.6. The molecule has 0 radical (unpaired) electrons. The standard InChI is InChI=1S/C14H14N4O2/c1-8(19)9-4-3-5-10(6-9)11-7-17-13(15)12(18-11)14(20)16-2/h3-7H,1-2H3,(H2,15,17)(H,16,20). The van der Waals surface area contributed by atoms with Crippen LogP contribution in [0.3, 0.4) is 0 Å². The Labute approximate surface area is 116 Å². The van der Waals surface area contributed by atoms with Crippen LogP contribution in [0.1, 0.15) is 27.8 Å². The van der Waals surface area contributed by atoms with Gasteiger partial charge in [-0.25, -0.2) is 9.97 Å². The number of nitrogens with two attached hydrogens (primary N) is 1. The summed E-state index contributed by atoms with van der Waals surface area (Å²) in [5.74, 6) is -0.378. The number of rotatable bonds is 3. The average Bonchev–Trinajstić information content (AvgIpc) is 2.47. The third kappa shape index (κ3) is 2.64. The number of aromatic nitrogens is 2. The van der Waals surface area contributed by atoms with E-state index < -0.39 is 5.91 Å². The van der Waals surface area contributed by atoms with E-state index in [-0.39, 0.29) is 17.3 Å². The fraction of sp³-hybridized carbons (Fsp3) is 0.143. The first-order chi connectivity index (χ1) is 9.52. The summed E-state index contributed by atoms with van der Waals surface area (Å²) in [4.78, 5) is 31.2. The van der Waals surface area contributed by atoms with Crippen LogP contribution in [0, 0.1) is 0 Å². The number of amides is 1. The summed E-state index contributed by atoms with van der Waals surface area (Å²) in [7, 11) is 1.49. The van der Waals surface area contributed by atoms with E-state index in [0.717, 1.165) is 0 Å². The number of nitrogens with one attached hydrogen (secondary N) is 1. The Balaban J connectivity index is 2.50. The van der Waals surface area contributed by atoms with E-state index in [9.17, 15) is 9.59 Å². The molecule has 0 aliphatic rings. The highest BCUT2D eigenvalue weighted by Gasteiger charge is 2.13. The second-order valence-corrected chi connectivity index (χ2v) is 4.21. The van der Waals surface area contributed by atoms with Crippen molar-refractivity contribution in [3.63, 3.8) is 0 Å². The first kappa shape index (κ1) is 13.7. The lowest BCUT2D eigenvalue weighted by atomic mass is 10.1. The van der Waals surface area contributed by atoms with Gasteiger partial charge in [0.15, 0.2) is 17.3 Å². The fourth-order valence-corrected chi connectivity index (χ4v) is 1.72. The third-order valence-electron chi connectivity index (χ3n) is 2.81. The Kier molecular flexibility index (Phi) is 3.74. The topological polar surface area (TPSA) is 98.0 Å². The fourth-order valence-electron chi connectivity index (χ4n) is 1.72. The third-order valence-corrected chi connectivity index (χ3v) is 2.81. The Bertz CT molecular complexity index is 683. The molecule has 0 atom stereocenters. The van der Waals surface area contributed by atoms with Gasteiger partial charge in [0.1, 0.15) is 0 Å². The van der Waals surface area contributed by atoms with Crippen LogP contribution < -0.4 is 11.1 Å². The van der Waals surface area contributed by atoms with Crippen molar-refractivity contribution in [1.82, 2.24) is 15.3 Å². The molecule has 0 fully saturated rings. The number of nitrogen functional groups attached to an aromatic ring is 1. The van der Waals surface area contributed by atoms with E-state index in [1.165, 1.54) is 20.2 Å². The summed E-state index contributed by atoms with van der Waals surface area (Å²) in [5, 5.41) is 2.45. The SMILES string of the molecule is CNC(=O)c1nc(-c2cccc(C(C)=O)c2)cnc1N. The molecule has 1 aromatic carbocycles. The minimum atomic E-state index is -0.403. The first-order valence-corrected chi connectivity index (χ1v) is 5.99. The normalized spacial score (nSPS) is 10.1. The van der Waals surface area contributed by atoms with Gasteiger partial charge in [0.25, 0.3) is 5.91 Å². The van der Waals surface area contributed by atoms with Crippen LogP contribution in [0.4, 0.5) is 5.82 Å². The second kappa shape index (κ2) is 5.48. The monoisotopic (exact) mass is 270 g/mol. The molecule has 1 heterocycles. The molecule has 0 bridgehead atoms. The van der Waals surface area contributed by atoms with Crippen molar-refractivity contribution in [2.24, 2.45) is 0 Å². The van der Waals surface area contributed by atoms with Crippen molar-refractivity contribution in [3.05, 3.63) is 41.7 Å². The van der Waals surface area contributed by atoms with Crippen molar-refractivity contribution in [2.45, 2.75) is 6.92 Å². The Morgan fingerprint density at radius 2 is 2.05 bits per heavy atom. The van der Waals surface area contributed by atoms with Gasteiger partial charge in [-0.15, -0.1) is 0 Å². The van der Waals surface area contributed by atoms with Crippen LogP contribution in [0.2, 0.25) is 0 Å². The predicted octanol–water partition coefficient (Wildman–Crippen LogP) is 1.29. The van der Waals surface area contributed by atoms with Crippen LogP contribution >= 0.6 is 0 Å². The molecule has 0 aliphatic carbocycles. The van der Waals surface area contributed by atoms with Gasteiger partial charge in [0.2, 0.25) is 0 Å². The van der Waals surface area contributed by atoms with Crippen molar-refractivity contribution in [3.8, 4) is 11.3 Å². The second-order valence-electron chi connectivity index (χ2n) is 4.21. The van der Waals surface area contributed by atoms with E-state index in [4.69, 9.17) is 5.73 Å². The summed E-state index contributed by atoms with van der Waals surface area (Å²) in [6.07, 6.45) is 1.47. The number of hydrogen-bond donors (Lipinski definition) is 2. The van der Waals surface area contributed by atoms with Gasteiger partial charge in [-0.2, -0.15) is 0 Å². The zero-order valence-corrected chi connectivity index (χ0v) is 11.2. The van der Waals surface area contributed by atoms with E-state index >= 15 is 0 Å². The van der Waals surface area contributed by atoms with E-state index in [1.807, 2.05) is 0 Å². The highest BCUT2D eigenvalue weighted by molar-refractivity contribution is 5.97. The van der Waals surface area contributed by atoms with Gasteiger partial charge >= 0.3 is 0 Å². The molecule has 2 rings (SSSR count). The predicted molar refractivity (Wildman–Crippen MR) is 75.3 cm³/mol. The Morgan fingerprint density at radius 1 is 1.30 bits per heavy atom. The van der Waals surface area contributed by atoms with Crippen LogP contribution in [0.5, 0.6) is 0 Å². The molecular weight excluding hydrogens is 256 g/mol. The van der Waals surface area contributed by atoms with Crippen LogP contribution in [-0.2, 0) is 0 Å². The molecule has 0 aliphatic heterocycles. The van der Waals surface area contributed by atoms with Crippen LogP contribution in [0.25, 0.3) is 11.3 Å². The molecule has 0 saturated heterocycles. The number of anilines is 1. The number of carbonyl (C=O) groups excluding carboxylic acids is 2. The number of carbonyl (C=O) groups is 2. The molecule has 6 heteroatoms. The number of benzene rings is 1. The van der Waals surface area contributed by atoms with Gasteiger partial charge in [-0.1, -0.05) is 18.2 Å². The largest absolute Gasteiger partial charge is 0.382 e. The van der Waals surface area contributed by atoms with Crippen molar-refractivity contribution in [1.29, 1.82) is 0 Å². The number of ketones is 1. The zero-order valence-electron chi connectivity index (χ0n) is 11.2. The summed E-state index contributed by atoms with van der Waals surface area (Å²) < 4.78 is 0. The minimum Gasteiger partial charge on any atom is -0.382 e. The molecule has 3 N–H and O–H groups in total. The molecule has 0 saturated carbocycles. The van der Waals surface area contributed by atoms with Crippen molar-refractivity contribution < 1.29 is 9.59 Å². The zero-order chi connectivity index (χ0) is 14.7. The molecule has 6 nitrogen and oxygen atoms in total. The van der Waals surface area contributed by atoms with Gasteiger partial charge in [-0.3, -0.25) is 9.59 Å². The van der Waals surface area contributed by atoms with E-state index in [2.05, 4.69) is 15.3 Å². The number of nitrogens with zero attached hydrogens (tertiary/aromatic N) is 2. The van der Waals surface area contributed by atoms with Gasteiger partial charge in [-0.05, 0) is 13.0 Å². The maximum Gasteiger partial charge on any atom is 0.273 e. The lowest BCUT2D eigenvalue weighted by molar-refractivity contribution is 0.0957. The quantitative estimate of drug-likeness (QED) is 0.819. The van der Waals surface area contributed by atoms with E-state index in [0.29, 0.717) is 16.8 Å². The molecule has 1 aromatic heterocycles. The Hall–Kier alpha value is -2.76. The van der Waals surface area contributed by atoms with Crippen molar-refractivity contribution >= 4 is 17.5 Å². The maximum absolute atomic E-state index is 11.6. The molecule has 20 heavy (non-hydrogen) atoms. The Morgan fingerprint density at radius 3 is 2.70 bits per heavy atom. The molecule has 0 spiro atoms. The van der Waals surface area contributed by atoms with Gasteiger partial charge in [0, 0.05) is 18.2 Å². The molecule has 102 valence electrons. The number of hydrogen-bond acceptors (Lipinski definition) is 5. The summed E-state index contributed by atoms with van der Waals surface area (Å²) in [5.41, 5.74) is 7.46. The summed E-state index contributed by atoms with van der Waals surface area (Å²) >= 11 is 0. The molecular formula is C14H14N4O2.